The Morgan fingerprint density at radius 3 is 3.20 bits per heavy atom. The average Bonchev–Trinajstić information content (AvgIpc) is 3.01. The molecule has 2 heterocycles. The summed E-state index contributed by atoms with van der Waals surface area (Å²) in [5.41, 5.74) is 3.27. The minimum Gasteiger partial charge on any atom is -0.376 e. The molecule has 4 nitrogen and oxygen atoms in total. The third-order valence-corrected chi connectivity index (χ3v) is 4.27. The van der Waals surface area contributed by atoms with Crippen LogP contribution in [0, 0.1) is 0 Å². The van der Waals surface area contributed by atoms with Crippen LogP contribution in [0.4, 0.5) is 0 Å². The van der Waals surface area contributed by atoms with Crippen LogP contribution in [0.2, 0.25) is 0 Å². The van der Waals surface area contributed by atoms with Crippen LogP contribution < -0.4 is 10.6 Å². The quantitative estimate of drug-likeness (QED) is 0.881. The van der Waals surface area contributed by atoms with Gasteiger partial charge in [0.15, 0.2) is 0 Å². The fraction of sp³-hybridized carbons (Fsp3) is 0.562. The van der Waals surface area contributed by atoms with Crippen LogP contribution in [0.25, 0.3) is 0 Å². The van der Waals surface area contributed by atoms with Gasteiger partial charge in [0.2, 0.25) is 0 Å². The topological polar surface area (TPSA) is 50.4 Å². The number of nitrogens with one attached hydrogen (secondary N) is 2. The van der Waals surface area contributed by atoms with Crippen molar-refractivity contribution in [3.05, 3.63) is 34.9 Å². The van der Waals surface area contributed by atoms with Gasteiger partial charge in [-0.3, -0.25) is 4.79 Å². The molecule has 0 aromatic heterocycles. The van der Waals surface area contributed by atoms with E-state index in [9.17, 15) is 4.79 Å². The lowest BCUT2D eigenvalue weighted by Crippen LogP contribution is -2.41. The number of hydrogen-bond donors (Lipinski definition) is 2. The van der Waals surface area contributed by atoms with E-state index in [0.717, 1.165) is 44.5 Å². The van der Waals surface area contributed by atoms with Crippen molar-refractivity contribution in [1.29, 1.82) is 0 Å². The van der Waals surface area contributed by atoms with Gasteiger partial charge in [-0.1, -0.05) is 12.1 Å². The molecule has 3 rings (SSSR count). The van der Waals surface area contributed by atoms with Gasteiger partial charge in [0.1, 0.15) is 0 Å². The lowest BCUT2D eigenvalue weighted by molar-refractivity contribution is 0.0711. The predicted octanol–water partition coefficient (Wildman–Crippen LogP) is 1.63. The zero-order valence-electron chi connectivity index (χ0n) is 11.9. The van der Waals surface area contributed by atoms with Gasteiger partial charge < -0.3 is 15.4 Å². The summed E-state index contributed by atoms with van der Waals surface area (Å²) >= 11 is 0. The Kier molecular flexibility index (Phi) is 4.03. The molecule has 1 saturated heterocycles. The third-order valence-electron chi connectivity index (χ3n) is 4.27. The summed E-state index contributed by atoms with van der Waals surface area (Å²) < 4.78 is 5.64. The zero-order valence-corrected chi connectivity index (χ0v) is 11.9. The fourth-order valence-electron chi connectivity index (χ4n) is 3.12. The molecule has 1 fully saturated rings. The van der Waals surface area contributed by atoms with Crippen molar-refractivity contribution in [1.82, 2.24) is 10.6 Å². The van der Waals surface area contributed by atoms with Crippen molar-refractivity contribution in [3.8, 4) is 0 Å². The van der Waals surface area contributed by atoms with E-state index in [1.165, 1.54) is 11.1 Å². The van der Waals surface area contributed by atoms with Gasteiger partial charge in [-0.2, -0.15) is 0 Å². The summed E-state index contributed by atoms with van der Waals surface area (Å²) in [6.45, 7) is 4.65. The molecule has 2 unspecified atom stereocenters. The van der Waals surface area contributed by atoms with E-state index in [2.05, 4.69) is 16.7 Å². The van der Waals surface area contributed by atoms with Gasteiger partial charge in [0, 0.05) is 18.7 Å². The summed E-state index contributed by atoms with van der Waals surface area (Å²) in [6.07, 6.45) is 3.23. The smallest absolute Gasteiger partial charge is 0.251 e. The van der Waals surface area contributed by atoms with Gasteiger partial charge in [0.25, 0.3) is 5.91 Å². The van der Waals surface area contributed by atoms with E-state index in [1.807, 2.05) is 19.1 Å². The van der Waals surface area contributed by atoms with Crippen LogP contribution in [0.15, 0.2) is 18.2 Å². The maximum atomic E-state index is 12.5. The Hall–Kier alpha value is -1.39. The van der Waals surface area contributed by atoms with Gasteiger partial charge in [0.05, 0.1) is 12.1 Å². The number of carbonyl (C=O) groups excluding carboxylic acids is 1. The van der Waals surface area contributed by atoms with Crippen molar-refractivity contribution < 1.29 is 9.53 Å². The molecule has 0 bridgehead atoms. The molecule has 20 heavy (non-hydrogen) atoms. The molecule has 1 aromatic rings. The summed E-state index contributed by atoms with van der Waals surface area (Å²) in [5, 5.41) is 6.44. The Morgan fingerprint density at radius 1 is 1.50 bits per heavy atom. The predicted molar refractivity (Wildman–Crippen MR) is 77.8 cm³/mol. The molecule has 0 radical (unpaired) electrons. The van der Waals surface area contributed by atoms with Gasteiger partial charge >= 0.3 is 0 Å². The Labute approximate surface area is 119 Å². The minimum atomic E-state index is 0.0340. The first kappa shape index (κ1) is 13.6. The maximum Gasteiger partial charge on any atom is 0.251 e. The highest BCUT2D eigenvalue weighted by atomic mass is 16.5. The Morgan fingerprint density at radius 2 is 2.40 bits per heavy atom. The van der Waals surface area contributed by atoms with Crippen LogP contribution in [0.5, 0.6) is 0 Å². The summed E-state index contributed by atoms with van der Waals surface area (Å²) in [6, 6.07) is 6.07. The van der Waals surface area contributed by atoms with Crippen molar-refractivity contribution in [3.63, 3.8) is 0 Å². The first-order valence-electron chi connectivity index (χ1n) is 7.49. The molecule has 0 saturated carbocycles. The largest absolute Gasteiger partial charge is 0.376 e. The first-order valence-corrected chi connectivity index (χ1v) is 7.49. The van der Waals surface area contributed by atoms with Gasteiger partial charge in [-0.05, 0) is 49.9 Å². The molecule has 2 N–H and O–H groups in total. The molecular formula is C16H22N2O2. The van der Waals surface area contributed by atoms with Crippen molar-refractivity contribution in [2.45, 2.75) is 44.9 Å². The molecule has 2 atom stereocenters. The molecule has 108 valence electrons. The van der Waals surface area contributed by atoms with Crippen LogP contribution in [-0.2, 0) is 17.7 Å². The van der Waals surface area contributed by atoms with Crippen LogP contribution in [-0.4, -0.2) is 31.2 Å². The average molecular weight is 274 g/mol. The third kappa shape index (κ3) is 2.72. The Bertz CT molecular complexity index is 495. The number of fused-ring (bicyclic) bond motifs is 1. The standard InChI is InChI=1S/C16H22N2O2/c1-11(15-6-3-9-20-15)18-16(19)14-5-2-4-12-10-17-8-7-13(12)14/h2,4-5,11,15,17H,3,6-10H2,1H3,(H,18,19). The lowest BCUT2D eigenvalue weighted by atomic mass is 9.95. The number of amides is 1. The van der Waals surface area contributed by atoms with E-state index in [0.29, 0.717) is 0 Å². The van der Waals surface area contributed by atoms with Crippen LogP contribution in [0.1, 0.15) is 41.3 Å². The van der Waals surface area contributed by atoms with Gasteiger partial charge in [-0.25, -0.2) is 0 Å². The highest BCUT2D eigenvalue weighted by Crippen LogP contribution is 2.20. The van der Waals surface area contributed by atoms with Crippen molar-refractivity contribution in [2.24, 2.45) is 0 Å². The molecule has 0 aliphatic carbocycles. The van der Waals surface area contributed by atoms with E-state index in [4.69, 9.17) is 4.74 Å². The molecule has 2 aliphatic heterocycles. The van der Waals surface area contributed by atoms with Crippen molar-refractivity contribution in [2.75, 3.05) is 13.2 Å². The molecule has 0 spiro atoms. The monoisotopic (exact) mass is 274 g/mol. The molecule has 1 amide bonds. The maximum absolute atomic E-state index is 12.5. The Balaban J connectivity index is 1.73. The fourth-order valence-corrected chi connectivity index (χ4v) is 3.12. The molecular weight excluding hydrogens is 252 g/mol. The minimum absolute atomic E-state index is 0.0340. The number of benzene rings is 1. The number of hydrogen-bond acceptors (Lipinski definition) is 3. The summed E-state index contributed by atoms with van der Waals surface area (Å²) in [4.78, 5) is 12.5. The normalized spacial score (nSPS) is 23.1. The van der Waals surface area contributed by atoms with Crippen LogP contribution in [0.3, 0.4) is 0 Å². The highest BCUT2D eigenvalue weighted by molar-refractivity contribution is 5.96. The molecule has 1 aromatic carbocycles. The van der Waals surface area contributed by atoms with E-state index < -0.39 is 0 Å². The SMILES string of the molecule is CC(NC(=O)c1cccc2c1CCNC2)C1CCCO1. The second-order valence-corrected chi connectivity index (χ2v) is 5.68. The number of carbonyl (C=O) groups is 1. The molecule has 2 aliphatic rings. The number of rotatable bonds is 3. The number of ether oxygens (including phenoxy) is 1. The van der Waals surface area contributed by atoms with E-state index in [1.54, 1.807) is 0 Å². The van der Waals surface area contributed by atoms with E-state index >= 15 is 0 Å². The highest BCUT2D eigenvalue weighted by Gasteiger charge is 2.25. The lowest BCUT2D eigenvalue weighted by Gasteiger charge is -2.23. The zero-order chi connectivity index (χ0) is 13.9. The van der Waals surface area contributed by atoms with Crippen LogP contribution >= 0.6 is 0 Å². The second kappa shape index (κ2) is 5.94. The second-order valence-electron chi connectivity index (χ2n) is 5.68. The molecule has 4 heteroatoms. The first-order chi connectivity index (χ1) is 9.75. The summed E-state index contributed by atoms with van der Waals surface area (Å²) in [5.74, 6) is 0.0340. The summed E-state index contributed by atoms with van der Waals surface area (Å²) in [7, 11) is 0. The van der Waals surface area contributed by atoms with E-state index in [-0.39, 0.29) is 18.1 Å². The van der Waals surface area contributed by atoms with Gasteiger partial charge in [-0.15, -0.1) is 0 Å². The van der Waals surface area contributed by atoms with Crippen molar-refractivity contribution >= 4 is 5.91 Å².